The quantitative estimate of drug-likeness (QED) is 0.656. The van der Waals surface area contributed by atoms with Gasteiger partial charge in [0, 0.05) is 11.9 Å². The smallest absolute Gasteiger partial charge is 0.174 e. The lowest BCUT2D eigenvalue weighted by atomic mass is 10.0. The number of anilines is 1. The minimum absolute atomic E-state index is 0.101. The van der Waals surface area contributed by atoms with Gasteiger partial charge in [-0.2, -0.15) is 0 Å². The molecular formula is C21H21N3O2S. The van der Waals surface area contributed by atoms with E-state index in [1.54, 1.807) is 6.20 Å². The number of aryl methyl sites for hydroxylation is 1. The second-order valence-electron chi connectivity index (χ2n) is 6.37. The molecule has 1 saturated heterocycles. The van der Waals surface area contributed by atoms with Gasteiger partial charge in [0.25, 0.3) is 0 Å². The van der Waals surface area contributed by atoms with Crippen LogP contribution >= 0.6 is 12.2 Å². The van der Waals surface area contributed by atoms with Gasteiger partial charge in [0.15, 0.2) is 5.11 Å². The van der Waals surface area contributed by atoms with E-state index in [0.717, 1.165) is 28.7 Å². The van der Waals surface area contributed by atoms with E-state index in [4.69, 9.17) is 21.4 Å². The van der Waals surface area contributed by atoms with Crippen molar-refractivity contribution in [2.75, 3.05) is 11.5 Å². The molecule has 3 heterocycles. The summed E-state index contributed by atoms with van der Waals surface area (Å²) < 4.78 is 11.5. The predicted octanol–water partition coefficient (Wildman–Crippen LogP) is 4.56. The molecule has 1 aliphatic heterocycles. The first-order valence-corrected chi connectivity index (χ1v) is 9.38. The molecule has 1 aliphatic rings. The lowest BCUT2D eigenvalue weighted by Crippen LogP contribution is -2.29. The van der Waals surface area contributed by atoms with E-state index >= 15 is 0 Å². The molecule has 5 nitrogen and oxygen atoms in total. The summed E-state index contributed by atoms with van der Waals surface area (Å²) in [4.78, 5) is 6.62. The molecule has 2 atom stereocenters. The summed E-state index contributed by atoms with van der Waals surface area (Å²) >= 11 is 5.68. The Hall–Kier alpha value is -2.86. The maximum atomic E-state index is 5.99. The highest BCUT2D eigenvalue weighted by Gasteiger charge is 2.42. The van der Waals surface area contributed by atoms with Crippen LogP contribution in [-0.4, -0.2) is 16.7 Å². The fourth-order valence-electron chi connectivity index (χ4n) is 3.40. The minimum Gasteiger partial charge on any atom is -0.494 e. The third-order valence-electron chi connectivity index (χ3n) is 4.58. The molecule has 0 unspecified atom stereocenters. The number of benzene rings is 1. The van der Waals surface area contributed by atoms with Crippen LogP contribution in [0.25, 0.3) is 0 Å². The molecule has 4 rings (SSSR count). The van der Waals surface area contributed by atoms with Gasteiger partial charge < -0.3 is 19.4 Å². The number of aromatic nitrogens is 1. The van der Waals surface area contributed by atoms with Crippen LogP contribution in [0.4, 0.5) is 5.69 Å². The second kappa shape index (κ2) is 7.40. The first kappa shape index (κ1) is 17.5. The number of hydrogen-bond donors (Lipinski definition) is 1. The van der Waals surface area contributed by atoms with E-state index in [-0.39, 0.29) is 12.1 Å². The summed E-state index contributed by atoms with van der Waals surface area (Å²) in [5, 5.41) is 4.07. The number of rotatable bonds is 5. The van der Waals surface area contributed by atoms with E-state index in [0.29, 0.717) is 11.7 Å². The van der Waals surface area contributed by atoms with Crippen LogP contribution in [0.3, 0.4) is 0 Å². The topological polar surface area (TPSA) is 50.5 Å². The largest absolute Gasteiger partial charge is 0.494 e. The summed E-state index contributed by atoms with van der Waals surface area (Å²) in [6, 6.07) is 17.6. The molecule has 0 bridgehead atoms. The van der Waals surface area contributed by atoms with Crippen LogP contribution in [0.5, 0.6) is 5.75 Å². The molecule has 0 aliphatic carbocycles. The highest BCUT2D eigenvalue weighted by atomic mass is 32.1. The Balaban J connectivity index is 1.75. The van der Waals surface area contributed by atoms with Crippen LogP contribution in [0.2, 0.25) is 0 Å². The number of nitrogens with zero attached hydrogens (tertiary/aromatic N) is 2. The Labute approximate surface area is 164 Å². The Bertz CT molecular complexity index is 924. The summed E-state index contributed by atoms with van der Waals surface area (Å²) in [6.45, 7) is 4.56. The standard InChI is InChI=1S/C21H21N3O2S/c1-3-25-16-10-8-15(9-11-16)24-20(18-12-7-14(2)26-18)19(23-21(24)27)17-6-4-5-13-22-17/h4-13,19-20H,3H2,1-2H3,(H,23,27)/t19-,20+/m1/s1. The van der Waals surface area contributed by atoms with Gasteiger partial charge in [0.05, 0.1) is 18.3 Å². The maximum absolute atomic E-state index is 5.99. The molecule has 3 aromatic rings. The van der Waals surface area contributed by atoms with Crippen LogP contribution in [-0.2, 0) is 0 Å². The average molecular weight is 379 g/mol. The van der Waals surface area contributed by atoms with Crippen LogP contribution in [0.15, 0.2) is 65.2 Å². The van der Waals surface area contributed by atoms with Crippen LogP contribution in [0.1, 0.15) is 36.2 Å². The van der Waals surface area contributed by atoms with Gasteiger partial charge in [-0.1, -0.05) is 6.07 Å². The normalized spacial score (nSPS) is 19.2. The van der Waals surface area contributed by atoms with Crippen molar-refractivity contribution in [1.82, 2.24) is 10.3 Å². The van der Waals surface area contributed by atoms with Crippen LogP contribution in [0, 0.1) is 6.92 Å². The van der Waals surface area contributed by atoms with Gasteiger partial charge in [-0.05, 0) is 74.6 Å². The SMILES string of the molecule is CCOc1ccc(N2C(=S)N[C@H](c3ccccn3)[C@@H]2c2ccc(C)o2)cc1. The molecule has 0 spiro atoms. The third kappa shape index (κ3) is 3.40. The molecule has 6 heteroatoms. The molecule has 2 aromatic heterocycles. The van der Waals surface area contributed by atoms with E-state index in [9.17, 15) is 0 Å². The zero-order chi connectivity index (χ0) is 18.8. The molecule has 0 saturated carbocycles. The number of hydrogen-bond acceptors (Lipinski definition) is 4. The van der Waals surface area contributed by atoms with E-state index in [2.05, 4.69) is 15.2 Å². The van der Waals surface area contributed by atoms with Crippen molar-refractivity contribution >= 4 is 23.0 Å². The number of thiocarbonyl (C=S) groups is 1. The summed E-state index contributed by atoms with van der Waals surface area (Å²) in [7, 11) is 0. The average Bonchev–Trinajstić information content (AvgIpc) is 3.26. The number of furan rings is 1. The van der Waals surface area contributed by atoms with Crippen molar-refractivity contribution < 1.29 is 9.15 Å². The van der Waals surface area contributed by atoms with Gasteiger partial charge in [-0.3, -0.25) is 4.98 Å². The molecule has 0 amide bonds. The van der Waals surface area contributed by atoms with Crippen molar-refractivity contribution in [2.45, 2.75) is 25.9 Å². The zero-order valence-corrected chi connectivity index (χ0v) is 16.1. The molecule has 1 fully saturated rings. The van der Waals surface area contributed by atoms with Crippen LogP contribution < -0.4 is 15.0 Å². The molecule has 138 valence electrons. The van der Waals surface area contributed by atoms with Gasteiger partial charge in [0.2, 0.25) is 0 Å². The Morgan fingerprint density at radius 3 is 2.59 bits per heavy atom. The fourth-order valence-corrected chi connectivity index (χ4v) is 3.75. The number of ether oxygens (including phenoxy) is 1. The predicted molar refractivity (Wildman–Crippen MR) is 109 cm³/mol. The Kier molecular flexibility index (Phi) is 4.81. The summed E-state index contributed by atoms with van der Waals surface area (Å²) in [5.41, 5.74) is 1.90. The Morgan fingerprint density at radius 1 is 1.15 bits per heavy atom. The van der Waals surface area contributed by atoms with Gasteiger partial charge >= 0.3 is 0 Å². The Morgan fingerprint density at radius 2 is 1.96 bits per heavy atom. The lowest BCUT2D eigenvalue weighted by molar-refractivity contribution is 0.340. The molecule has 27 heavy (non-hydrogen) atoms. The number of pyridine rings is 1. The lowest BCUT2D eigenvalue weighted by Gasteiger charge is -2.26. The maximum Gasteiger partial charge on any atom is 0.174 e. The zero-order valence-electron chi connectivity index (χ0n) is 15.3. The van der Waals surface area contributed by atoms with Gasteiger partial charge in [-0.15, -0.1) is 0 Å². The summed E-state index contributed by atoms with van der Waals surface area (Å²) in [6.07, 6.45) is 1.80. The van der Waals surface area contributed by atoms with Crippen molar-refractivity contribution in [1.29, 1.82) is 0 Å². The van der Waals surface area contributed by atoms with Crippen molar-refractivity contribution in [3.05, 3.63) is 78.0 Å². The monoisotopic (exact) mass is 379 g/mol. The molecule has 1 aromatic carbocycles. The fraction of sp³-hybridized carbons (Fsp3) is 0.238. The highest BCUT2D eigenvalue weighted by Crippen LogP contribution is 2.42. The molecule has 1 N–H and O–H groups in total. The van der Waals surface area contributed by atoms with Gasteiger partial charge in [0.1, 0.15) is 23.3 Å². The van der Waals surface area contributed by atoms with E-state index in [1.165, 1.54) is 0 Å². The highest BCUT2D eigenvalue weighted by molar-refractivity contribution is 7.80. The second-order valence-corrected chi connectivity index (χ2v) is 6.76. The van der Waals surface area contributed by atoms with Crippen molar-refractivity contribution in [2.24, 2.45) is 0 Å². The minimum atomic E-state index is -0.126. The van der Waals surface area contributed by atoms with Crippen molar-refractivity contribution in [3.63, 3.8) is 0 Å². The van der Waals surface area contributed by atoms with E-state index in [1.807, 2.05) is 68.4 Å². The first-order valence-electron chi connectivity index (χ1n) is 8.97. The summed E-state index contributed by atoms with van der Waals surface area (Å²) in [5.74, 6) is 2.56. The van der Waals surface area contributed by atoms with E-state index < -0.39 is 0 Å². The molecule has 0 radical (unpaired) electrons. The number of nitrogens with one attached hydrogen (secondary N) is 1. The van der Waals surface area contributed by atoms with Gasteiger partial charge in [-0.25, -0.2) is 0 Å². The third-order valence-corrected chi connectivity index (χ3v) is 4.89. The molecular weight excluding hydrogens is 358 g/mol. The van der Waals surface area contributed by atoms with Crippen molar-refractivity contribution in [3.8, 4) is 5.75 Å². The first-order chi connectivity index (χ1) is 13.2.